The summed E-state index contributed by atoms with van der Waals surface area (Å²) in [5.74, 6) is 0.451. The first-order chi connectivity index (χ1) is 18.6. The quantitative estimate of drug-likeness (QED) is 0.266. The van der Waals surface area contributed by atoms with Crippen molar-refractivity contribution in [2.75, 3.05) is 6.61 Å². The molecule has 2 aromatic heterocycles. The van der Waals surface area contributed by atoms with E-state index in [0.29, 0.717) is 24.5 Å². The number of hydrogen-bond donors (Lipinski definition) is 1. The Balaban J connectivity index is 1.25. The molecule has 38 heavy (non-hydrogen) atoms. The lowest BCUT2D eigenvalue weighted by atomic mass is 10.0. The number of pyridine rings is 1. The third-order valence-electron chi connectivity index (χ3n) is 6.17. The second-order valence-electron chi connectivity index (χ2n) is 8.91. The van der Waals surface area contributed by atoms with Gasteiger partial charge in [-0.25, -0.2) is 4.21 Å². The summed E-state index contributed by atoms with van der Waals surface area (Å²) in [6.45, 7) is 1.13. The fourth-order valence-electron chi connectivity index (χ4n) is 4.21. The predicted octanol–water partition coefficient (Wildman–Crippen LogP) is 4.87. The largest absolute Gasteiger partial charge is 0.493 e. The van der Waals surface area contributed by atoms with Crippen LogP contribution in [0, 0.1) is 0 Å². The Bertz CT molecular complexity index is 1540. The second kappa shape index (κ2) is 12.3. The minimum absolute atomic E-state index is 0.186. The number of carbonyl (C=O) groups is 1. The Morgan fingerprint density at radius 1 is 0.895 bits per heavy atom. The van der Waals surface area contributed by atoms with Crippen LogP contribution in [0.15, 0.2) is 109 Å². The third kappa shape index (κ3) is 6.72. The summed E-state index contributed by atoms with van der Waals surface area (Å²) < 4.78 is 23.1. The minimum Gasteiger partial charge on any atom is -0.493 e. The number of benzene rings is 3. The average molecular weight is 525 g/mol. The molecule has 1 unspecified atom stereocenters. The summed E-state index contributed by atoms with van der Waals surface area (Å²) in [5, 5.41) is 6.72. The Morgan fingerprint density at radius 3 is 2.58 bits per heavy atom. The number of nitrogens with one attached hydrogen (secondary N) is 1. The van der Waals surface area contributed by atoms with Gasteiger partial charge in [-0.1, -0.05) is 54.6 Å². The van der Waals surface area contributed by atoms with Crippen molar-refractivity contribution in [1.82, 2.24) is 19.5 Å². The molecule has 0 saturated heterocycles. The van der Waals surface area contributed by atoms with Gasteiger partial charge in [-0.05, 0) is 58.1 Å². The van der Waals surface area contributed by atoms with Crippen LogP contribution < -0.4 is 9.46 Å². The lowest BCUT2D eigenvalue weighted by molar-refractivity contribution is -0.119. The van der Waals surface area contributed by atoms with E-state index in [1.165, 1.54) is 22.5 Å². The zero-order valence-corrected chi connectivity index (χ0v) is 21.6. The molecule has 0 aliphatic carbocycles. The van der Waals surface area contributed by atoms with E-state index in [1.54, 1.807) is 24.5 Å². The Labute approximate surface area is 224 Å². The predicted molar refractivity (Wildman–Crippen MR) is 148 cm³/mol. The summed E-state index contributed by atoms with van der Waals surface area (Å²) in [6.07, 6.45) is 8.16. The zero-order chi connectivity index (χ0) is 26.2. The molecule has 0 fully saturated rings. The van der Waals surface area contributed by atoms with Crippen molar-refractivity contribution in [3.63, 3.8) is 0 Å². The smallest absolute Gasteiger partial charge is 0.232 e. The van der Waals surface area contributed by atoms with Gasteiger partial charge in [-0.15, -0.1) is 0 Å². The highest BCUT2D eigenvalue weighted by Crippen LogP contribution is 2.24. The molecule has 0 saturated carbocycles. The van der Waals surface area contributed by atoms with E-state index in [2.05, 4.69) is 45.1 Å². The molecule has 192 valence electrons. The Kier molecular flexibility index (Phi) is 8.20. The second-order valence-corrected chi connectivity index (χ2v) is 10.1. The van der Waals surface area contributed by atoms with E-state index < -0.39 is 11.0 Å². The number of fused-ring (bicyclic) bond motifs is 1. The molecular formula is C30H28N4O3S. The van der Waals surface area contributed by atoms with Crippen molar-refractivity contribution < 1.29 is 13.7 Å². The van der Waals surface area contributed by atoms with Gasteiger partial charge in [0.2, 0.25) is 5.91 Å². The van der Waals surface area contributed by atoms with Crippen LogP contribution in [0.4, 0.5) is 0 Å². The number of amides is 1. The number of nitrogens with zero attached hydrogens (tertiary/aromatic N) is 3. The van der Waals surface area contributed by atoms with Crippen LogP contribution in [0.25, 0.3) is 10.8 Å². The number of aryl methyl sites for hydroxylation is 1. The number of hydrogen-bond acceptors (Lipinski definition) is 5. The summed E-state index contributed by atoms with van der Waals surface area (Å²) >= 11 is 0. The maximum Gasteiger partial charge on any atom is 0.232 e. The standard InChI is InChI=1S/C30H28N4O3S/c35-30(33-38(36)28-7-3-15-31-21-28)13-12-26-11-9-24(22-34-17-4-16-32-34)20-29(26)37-18-14-23-8-10-25-5-1-2-6-27(25)19-23/h1-11,15-17,19-21H,12-14,18,22H2,(H,33,35). The van der Waals surface area contributed by atoms with Gasteiger partial charge >= 0.3 is 0 Å². The van der Waals surface area contributed by atoms with E-state index >= 15 is 0 Å². The van der Waals surface area contributed by atoms with Crippen LogP contribution in [0.1, 0.15) is 23.1 Å². The lowest BCUT2D eigenvalue weighted by Gasteiger charge is -2.14. The first kappa shape index (κ1) is 25.4. The Hall–Kier alpha value is -4.30. The van der Waals surface area contributed by atoms with Crippen molar-refractivity contribution in [2.24, 2.45) is 0 Å². The number of carbonyl (C=O) groups excluding carboxylic acids is 1. The van der Waals surface area contributed by atoms with Crippen molar-refractivity contribution in [3.8, 4) is 5.75 Å². The summed E-state index contributed by atoms with van der Waals surface area (Å²) in [6, 6.07) is 26.1. The van der Waals surface area contributed by atoms with Crippen molar-refractivity contribution in [2.45, 2.75) is 30.7 Å². The van der Waals surface area contributed by atoms with Gasteiger partial charge in [0.15, 0.2) is 11.0 Å². The fourth-order valence-corrected chi connectivity index (χ4v) is 5.00. The van der Waals surface area contributed by atoms with Gasteiger partial charge < -0.3 is 4.74 Å². The molecule has 8 heteroatoms. The van der Waals surface area contributed by atoms with Gasteiger partial charge in [0.25, 0.3) is 0 Å². The number of aromatic nitrogens is 3. The zero-order valence-electron chi connectivity index (χ0n) is 20.8. The van der Waals surface area contributed by atoms with E-state index in [-0.39, 0.29) is 12.3 Å². The van der Waals surface area contributed by atoms with Crippen LogP contribution in [-0.4, -0.2) is 31.5 Å². The highest BCUT2D eigenvalue weighted by atomic mass is 32.2. The molecule has 0 radical (unpaired) electrons. The molecule has 5 aromatic rings. The van der Waals surface area contributed by atoms with E-state index in [4.69, 9.17) is 4.74 Å². The average Bonchev–Trinajstić information content (AvgIpc) is 3.46. The van der Waals surface area contributed by atoms with E-state index in [1.807, 2.05) is 47.3 Å². The van der Waals surface area contributed by atoms with Gasteiger partial charge in [0, 0.05) is 37.6 Å². The first-order valence-corrected chi connectivity index (χ1v) is 13.6. The third-order valence-corrected chi connectivity index (χ3v) is 7.26. The lowest BCUT2D eigenvalue weighted by Crippen LogP contribution is -2.26. The summed E-state index contributed by atoms with van der Waals surface area (Å²) in [7, 11) is -1.64. The van der Waals surface area contributed by atoms with Gasteiger partial charge in [-0.3, -0.25) is 19.2 Å². The summed E-state index contributed by atoms with van der Waals surface area (Å²) in [4.78, 5) is 16.9. The molecule has 0 aliphatic rings. The van der Waals surface area contributed by atoms with Crippen LogP contribution in [0.3, 0.4) is 0 Å². The monoisotopic (exact) mass is 524 g/mol. The number of ether oxygens (including phenoxy) is 1. The molecule has 7 nitrogen and oxygen atoms in total. The van der Waals surface area contributed by atoms with E-state index in [9.17, 15) is 9.00 Å². The van der Waals surface area contributed by atoms with Crippen LogP contribution in [0.5, 0.6) is 5.75 Å². The Morgan fingerprint density at radius 2 is 1.76 bits per heavy atom. The molecule has 2 heterocycles. The normalized spacial score (nSPS) is 11.8. The van der Waals surface area contributed by atoms with E-state index in [0.717, 1.165) is 23.3 Å². The molecule has 5 rings (SSSR count). The molecule has 0 bridgehead atoms. The van der Waals surface area contributed by atoms with Crippen LogP contribution in [0.2, 0.25) is 0 Å². The van der Waals surface area contributed by atoms with Crippen molar-refractivity contribution in [3.05, 3.63) is 120 Å². The molecule has 0 spiro atoms. The topological polar surface area (TPSA) is 86.1 Å². The van der Waals surface area contributed by atoms with Crippen molar-refractivity contribution >= 4 is 27.7 Å². The van der Waals surface area contributed by atoms with Gasteiger partial charge in [-0.2, -0.15) is 5.10 Å². The SMILES string of the molecule is O=C(CCc1ccc(Cn2cccn2)cc1OCCc1ccc2ccccc2c1)NS(=O)c1cccnc1. The minimum atomic E-state index is -1.64. The maximum absolute atomic E-state index is 12.5. The highest BCUT2D eigenvalue weighted by molar-refractivity contribution is 7.83. The van der Waals surface area contributed by atoms with Crippen LogP contribution >= 0.6 is 0 Å². The van der Waals surface area contributed by atoms with Gasteiger partial charge in [0.05, 0.1) is 18.0 Å². The van der Waals surface area contributed by atoms with Crippen LogP contribution in [-0.2, 0) is 35.2 Å². The molecular weight excluding hydrogens is 496 g/mol. The van der Waals surface area contributed by atoms with Gasteiger partial charge in [0.1, 0.15) is 5.75 Å². The number of rotatable bonds is 11. The first-order valence-electron chi connectivity index (χ1n) is 12.4. The molecule has 1 atom stereocenters. The molecule has 1 N–H and O–H groups in total. The highest BCUT2D eigenvalue weighted by Gasteiger charge is 2.12. The summed E-state index contributed by atoms with van der Waals surface area (Å²) in [5.41, 5.74) is 3.19. The fraction of sp³-hybridized carbons (Fsp3) is 0.167. The maximum atomic E-state index is 12.5. The molecule has 1 amide bonds. The van der Waals surface area contributed by atoms with Crippen molar-refractivity contribution in [1.29, 1.82) is 0 Å². The molecule has 0 aliphatic heterocycles. The molecule has 3 aromatic carbocycles.